The quantitative estimate of drug-likeness (QED) is 0.454. The van der Waals surface area contributed by atoms with Gasteiger partial charge in [-0.25, -0.2) is 4.98 Å². The van der Waals surface area contributed by atoms with Crippen LogP contribution in [0.3, 0.4) is 0 Å². The Morgan fingerprint density at radius 1 is 0.973 bits per heavy atom. The van der Waals surface area contributed by atoms with Crippen molar-refractivity contribution >= 4 is 17.6 Å². The second-order valence-corrected chi connectivity index (χ2v) is 11.2. The van der Waals surface area contributed by atoms with Crippen LogP contribution in [0.4, 0.5) is 5.82 Å². The Morgan fingerprint density at radius 3 is 2.46 bits per heavy atom. The number of hydrogen-bond acceptors (Lipinski definition) is 5. The van der Waals surface area contributed by atoms with E-state index in [1.807, 2.05) is 55.4 Å². The average molecular weight is 506 g/mol. The lowest BCUT2D eigenvalue weighted by Gasteiger charge is -2.42. The molecule has 7 heteroatoms. The first-order valence-corrected chi connectivity index (χ1v) is 13.9. The third-order valence-corrected chi connectivity index (χ3v) is 8.41. The summed E-state index contributed by atoms with van der Waals surface area (Å²) in [6.07, 6.45) is 11.8. The number of hydrogen-bond donors (Lipinski definition) is 3. The van der Waals surface area contributed by atoms with Gasteiger partial charge < -0.3 is 16.4 Å². The van der Waals surface area contributed by atoms with Crippen LogP contribution < -0.4 is 16.4 Å². The fraction of sp³-hybridized carbons (Fsp3) is 0.567. The third kappa shape index (κ3) is 7.54. The Hall–Kier alpha value is -2.93. The minimum absolute atomic E-state index is 0.0980. The molecule has 0 radical (unpaired) electrons. The van der Waals surface area contributed by atoms with E-state index in [1.54, 1.807) is 12.3 Å². The van der Waals surface area contributed by atoms with Gasteiger partial charge in [-0.05, 0) is 68.3 Å². The standard InChI is InChI=1S/C30H43N5O2/c1-35(2)27(17-21-9-4-3-5-10-21)30(37)34-26(29(36)33-20-22-15-16-28(31)32-19-22)18-24-13-8-12-23-11-6-7-14-25(23)24/h3-5,9-10,15-16,19,23-27H,6-8,11-14,17-18,20H2,1-2H3,(H2,31,32)(H,33,36)(H,34,37)/t23?,24?,25-,26?,27+/m0/s1. The van der Waals surface area contributed by atoms with Gasteiger partial charge in [-0.1, -0.05) is 74.9 Å². The first-order chi connectivity index (χ1) is 17.9. The van der Waals surface area contributed by atoms with E-state index in [-0.39, 0.29) is 17.9 Å². The highest BCUT2D eigenvalue weighted by Gasteiger charge is 2.38. The molecule has 5 atom stereocenters. The number of nitrogens with zero attached hydrogens (tertiary/aromatic N) is 2. The molecular weight excluding hydrogens is 462 g/mol. The van der Waals surface area contributed by atoms with Gasteiger partial charge in [0.1, 0.15) is 11.9 Å². The number of pyridine rings is 1. The number of anilines is 1. The number of carbonyl (C=O) groups excluding carboxylic acids is 2. The SMILES string of the molecule is CN(C)[C@H](Cc1ccccc1)C(=O)NC(CC1CCCC2CCCC[C@@H]21)C(=O)NCc1ccc(N)nc1. The van der Waals surface area contributed by atoms with E-state index in [0.717, 1.165) is 23.5 Å². The molecule has 2 amide bonds. The Bertz CT molecular complexity index is 1010. The smallest absolute Gasteiger partial charge is 0.242 e. The van der Waals surface area contributed by atoms with Crippen molar-refractivity contribution in [2.45, 2.75) is 76.4 Å². The molecule has 3 unspecified atom stereocenters. The van der Waals surface area contributed by atoms with Crippen LogP contribution in [0.5, 0.6) is 0 Å². The molecule has 2 saturated carbocycles. The lowest BCUT2D eigenvalue weighted by atomic mass is 9.64. The number of fused-ring (bicyclic) bond motifs is 1. The van der Waals surface area contributed by atoms with Crippen LogP contribution in [0, 0.1) is 17.8 Å². The van der Waals surface area contributed by atoms with Crippen molar-refractivity contribution in [2.24, 2.45) is 17.8 Å². The molecule has 2 aliphatic carbocycles. The van der Waals surface area contributed by atoms with E-state index in [1.165, 1.54) is 38.5 Å². The summed E-state index contributed by atoms with van der Waals surface area (Å²) in [6, 6.07) is 12.7. The molecule has 4 N–H and O–H groups in total. The van der Waals surface area contributed by atoms with Crippen LogP contribution in [0.25, 0.3) is 0 Å². The average Bonchev–Trinajstić information content (AvgIpc) is 2.91. The van der Waals surface area contributed by atoms with Crippen molar-refractivity contribution < 1.29 is 9.59 Å². The van der Waals surface area contributed by atoms with Gasteiger partial charge in [-0.15, -0.1) is 0 Å². The molecule has 200 valence electrons. The van der Waals surface area contributed by atoms with Crippen molar-refractivity contribution in [2.75, 3.05) is 19.8 Å². The number of rotatable bonds is 10. The molecule has 2 aliphatic rings. The van der Waals surface area contributed by atoms with E-state index >= 15 is 0 Å². The molecule has 37 heavy (non-hydrogen) atoms. The second kappa shape index (κ2) is 13.0. The summed E-state index contributed by atoms with van der Waals surface area (Å²) in [5, 5.41) is 6.23. The number of nitrogens with two attached hydrogens (primary N) is 1. The van der Waals surface area contributed by atoms with Crippen molar-refractivity contribution in [1.82, 2.24) is 20.5 Å². The Balaban J connectivity index is 1.47. The first-order valence-electron chi connectivity index (χ1n) is 13.9. The summed E-state index contributed by atoms with van der Waals surface area (Å²) in [6.45, 7) is 0.357. The van der Waals surface area contributed by atoms with Crippen LogP contribution in [0.15, 0.2) is 48.7 Å². The van der Waals surface area contributed by atoms with Gasteiger partial charge in [0, 0.05) is 12.7 Å². The maximum Gasteiger partial charge on any atom is 0.242 e. The predicted octanol–water partition coefficient (Wildman–Crippen LogP) is 3.93. The lowest BCUT2D eigenvalue weighted by molar-refractivity contribution is -0.132. The summed E-state index contributed by atoms with van der Waals surface area (Å²) in [7, 11) is 3.84. The maximum atomic E-state index is 13.6. The van der Waals surface area contributed by atoms with Gasteiger partial charge in [-0.2, -0.15) is 0 Å². The normalized spacial score (nSPS) is 23.1. The van der Waals surface area contributed by atoms with Crippen molar-refractivity contribution in [3.8, 4) is 0 Å². The van der Waals surface area contributed by atoms with Gasteiger partial charge in [0.05, 0.1) is 6.04 Å². The second-order valence-electron chi connectivity index (χ2n) is 11.2. The van der Waals surface area contributed by atoms with Crippen molar-refractivity contribution in [3.63, 3.8) is 0 Å². The van der Waals surface area contributed by atoms with Gasteiger partial charge in [0.2, 0.25) is 11.8 Å². The van der Waals surface area contributed by atoms with Crippen molar-refractivity contribution in [3.05, 3.63) is 59.8 Å². The predicted molar refractivity (Wildman–Crippen MR) is 147 cm³/mol. The summed E-state index contributed by atoms with van der Waals surface area (Å²) in [5.41, 5.74) is 7.69. The highest BCUT2D eigenvalue weighted by atomic mass is 16.2. The van der Waals surface area contributed by atoms with E-state index in [4.69, 9.17) is 5.73 Å². The largest absolute Gasteiger partial charge is 0.384 e. The monoisotopic (exact) mass is 505 g/mol. The maximum absolute atomic E-state index is 13.6. The zero-order valence-electron chi connectivity index (χ0n) is 22.4. The minimum atomic E-state index is -0.557. The number of nitrogen functional groups attached to an aromatic ring is 1. The number of amides is 2. The fourth-order valence-corrected chi connectivity index (χ4v) is 6.37. The van der Waals surface area contributed by atoms with Gasteiger partial charge >= 0.3 is 0 Å². The van der Waals surface area contributed by atoms with Crippen LogP contribution in [-0.4, -0.2) is 47.9 Å². The Morgan fingerprint density at radius 2 is 1.73 bits per heavy atom. The van der Waals surface area contributed by atoms with Crippen LogP contribution in [0.2, 0.25) is 0 Å². The lowest BCUT2D eigenvalue weighted by Crippen LogP contribution is -2.54. The molecule has 4 rings (SSSR count). The molecule has 0 saturated heterocycles. The van der Waals surface area contributed by atoms with E-state index in [2.05, 4.69) is 15.6 Å². The number of carbonyl (C=O) groups is 2. The van der Waals surface area contributed by atoms with Crippen LogP contribution in [0.1, 0.15) is 62.5 Å². The molecule has 2 aromatic rings. The van der Waals surface area contributed by atoms with Gasteiger partial charge in [-0.3, -0.25) is 14.5 Å². The molecule has 1 aromatic carbocycles. The zero-order valence-corrected chi connectivity index (χ0v) is 22.4. The summed E-state index contributed by atoms with van der Waals surface area (Å²) in [4.78, 5) is 33.2. The summed E-state index contributed by atoms with van der Waals surface area (Å²) < 4.78 is 0. The molecular formula is C30H43N5O2. The topological polar surface area (TPSA) is 100 Å². The molecule has 0 spiro atoms. The summed E-state index contributed by atoms with van der Waals surface area (Å²) in [5.74, 6) is 2.15. The molecule has 0 bridgehead atoms. The van der Waals surface area contributed by atoms with Crippen LogP contribution in [-0.2, 0) is 22.6 Å². The zero-order chi connectivity index (χ0) is 26.2. The number of benzene rings is 1. The van der Waals surface area contributed by atoms with E-state index in [0.29, 0.717) is 37.0 Å². The Kier molecular flexibility index (Phi) is 9.56. The van der Waals surface area contributed by atoms with E-state index in [9.17, 15) is 9.59 Å². The summed E-state index contributed by atoms with van der Waals surface area (Å²) >= 11 is 0. The van der Waals surface area contributed by atoms with Crippen LogP contribution >= 0.6 is 0 Å². The van der Waals surface area contributed by atoms with Gasteiger partial charge in [0.25, 0.3) is 0 Å². The fourth-order valence-electron chi connectivity index (χ4n) is 6.37. The third-order valence-electron chi connectivity index (χ3n) is 8.41. The highest BCUT2D eigenvalue weighted by molar-refractivity contribution is 5.90. The molecule has 1 aromatic heterocycles. The molecule has 1 heterocycles. The van der Waals surface area contributed by atoms with Crippen molar-refractivity contribution in [1.29, 1.82) is 0 Å². The highest BCUT2D eigenvalue weighted by Crippen LogP contribution is 2.45. The molecule has 2 fully saturated rings. The van der Waals surface area contributed by atoms with E-state index < -0.39 is 6.04 Å². The van der Waals surface area contributed by atoms with Gasteiger partial charge in [0.15, 0.2) is 0 Å². The first kappa shape index (κ1) is 27.1. The minimum Gasteiger partial charge on any atom is -0.384 e. The number of nitrogens with one attached hydrogen (secondary N) is 2. The number of aromatic nitrogens is 1. The number of likely N-dealkylation sites (N-methyl/N-ethyl adjacent to an activating group) is 1. The molecule has 0 aliphatic heterocycles. The molecule has 7 nitrogen and oxygen atoms in total. The Labute approximate surface area is 221 Å².